The molecule has 2 heterocycles. The van der Waals surface area contributed by atoms with Gasteiger partial charge in [-0.05, 0) is 30.7 Å². The number of aromatic hydroxyl groups is 1. The Hall–Kier alpha value is -3.81. The molecule has 4 aromatic rings. The van der Waals surface area contributed by atoms with E-state index in [1.165, 1.54) is 25.3 Å². The van der Waals surface area contributed by atoms with Crippen LogP contribution in [0, 0.1) is 5.82 Å². The molecule has 0 unspecified atom stereocenters. The largest absolute Gasteiger partial charge is 0.507 e. The number of nitrogens with zero attached hydrogens (tertiary/aromatic N) is 4. The van der Waals surface area contributed by atoms with Crippen LogP contribution in [0.25, 0.3) is 33.4 Å². The summed E-state index contributed by atoms with van der Waals surface area (Å²) in [6, 6.07) is 7.30. The van der Waals surface area contributed by atoms with E-state index >= 15 is 0 Å². The van der Waals surface area contributed by atoms with E-state index in [1.54, 1.807) is 24.7 Å². The first kappa shape index (κ1) is 18.5. The number of carbonyl (C=O) groups excluding carboxylic acids is 1. The lowest BCUT2D eigenvalue weighted by Gasteiger charge is -2.13. The van der Waals surface area contributed by atoms with Crippen LogP contribution in [0.5, 0.6) is 11.5 Å². The number of hydrogen-bond donors (Lipinski definition) is 1. The van der Waals surface area contributed by atoms with Crippen LogP contribution in [0.2, 0.25) is 0 Å². The molecule has 0 spiro atoms. The van der Waals surface area contributed by atoms with Crippen molar-refractivity contribution in [2.24, 2.45) is 0 Å². The number of carbonyl (C=O) groups is 1. The first-order chi connectivity index (χ1) is 14.1. The molecule has 29 heavy (non-hydrogen) atoms. The van der Waals surface area contributed by atoms with Crippen LogP contribution in [-0.2, 0) is 6.54 Å². The lowest BCUT2D eigenvalue weighted by atomic mass is 9.97. The summed E-state index contributed by atoms with van der Waals surface area (Å²) >= 11 is 0. The van der Waals surface area contributed by atoms with Crippen molar-refractivity contribution in [1.82, 2.24) is 19.7 Å². The Balaban J connectivity index is 1.93. The average Bonchev–Trinajstić information content (AvgIpc) is 3.17. The summed E-state index contributed by atoms with van der Waals surface area (Å²) in [6.45, 7) is 2.68. The Kier molecular flexibility index (Phi) is 4.67. The van der Waals surface area contributed by atoms with E-state index in [0.717, 1.165) is 0 Å². The number of benzene rings is 2. The number of fused-ring (bicyclic) bond motifs is 1. The van der Waals surface area contributed by atoms with Gasteiger partial charge in [-0.1, -0.05) is 6.07 Å². The number of aromatic nitrogens is 4. The third-order valence-electron chi connectivity index (χ3n) is 4.79. The van der Waals surface area contributed by atoms with Crippen molar-refractivity contribution in [3.8, 4) is 33.8 Å². The van der Waals surface area contributed by atoms with Crippen molar-refractivity contribution < 1.29 is 19.0 Å². The Morgan fingerprint density at radius 3 is 2.76 bits per heavy atom. The number of methoxy groups -OCH3 is 1. The fourth-order valence-electron chi connectivity index (χ4n) is 3.27. The number of hydrogen-bond acceptors (Lipinski definition) is 6. The number of halogens is 1. The average molecular weight is 392 g/mol. The number of aryl methyl sites for hydroxylation is 1. The number of aldehydes is 1. The number of rotatable bonds is 5. The molecule has 0 amide bonds. The van der Waals surface area contributed by atoms with Crippen molar-refractivity contribution in [2.75, 3.05) is 7.11 Å². The standard InChI is InChI=1S/C21H17FN4O3/c1-3-26-11-23-20-16(9-24-25-21(20)26)12-4-5-17(22)14(6-12)15-7-13(10-27)18(28)8-19(15)29-2/h4-11,28H,3H2,1-2H3. The molecular weight excluding hydrogens is 375 g/mol. The van der Waals surface area contributed by atoms with E-state index in [-0.39, 0.29) is 22.6 Å². The van der Waals surface area contributed by atoms with Crippen LogP contribution in [0.1, 0.15) is 17.3 Å². The molecule has 1 N–H and O–H groups in total. The van der Waals surface area contributed by atoms with Crippen molar-refractivity contribution in [3.05, 3.63) is 54.2 Å². The van der Waals surface area contributed by atoms with Gasteiger partial charge in [0.25, 0.3) is 0 Å². The summed E-state index contributed by atoms with van der Waals surface area (Å²) in [7, 11) is 1.41. The molecule has 0 aliphatic rings. The van der Waals surface area contributed by atoms with E-state index in [4.69, 9.17) is 4.74 Å². The molecule has 2 aromatic carbocycles. The molecule has 0 radical (unpaired) electrons. The fourth-order valence-corrected chi connectivity index (χ4v) is 3.27. The maximum Gasteiger partial charge on any atom is 0.183 e. The predicted molar refractivity (Wildman–Crippen MR) is 105 cm³/mol. The molecule has 0 aliphatic heterocycles. The summed E-state index contributed by atoms with van der Waals surface area (Å²) in [5, 5.41) is 18.1. The summed E-state index contributed by atoms with van der Waals surface area (Å²) in [5.41, 5.74) is 3.31. The summed E-state index contributed by atoms with van der Waals surface area (Å²) in [4.78, 5) is 15.7. The maximum atomic E-state index is 14.7. The monoisotopic (exact) mass is 392 g/mol. The van der Waals surface area contributed by atoms with Gasteiger partial charge in [0.2, 0.25) is 0 Å². The molecule has 0 fully saturated rings. The zero-order chi connectivity index (χ0) is 20.5. The number of phenols is 1. The molecule has 146 valence electrons. The highest BCUT2D eigenvalue weighted by Gasteiger charge is 2.17. The topological polar surface area (TPSA) is 90.1 Å². The smallest absolute Gasteiger partial charge is 0.183 e. The van der Waals surface area contributed by atoms with Gasteiger partial charge in [0.05, 0.1) is 25.2 Å². The highest BCUT2D eigenvalue weighted by molar-refractivity contribution is 5.91. The van der Waals surface area contributed by atoms with E-state index in [0.29, 0.717) is 40.7 Å². The predicted octanol–water partition coefficient (Wildman–Crippen LogP) is 3.85. The van der Waals surface area contributed by atoms with E-state index in [1.807, 2.05) is 11.5 Å². The van der Waals surface area contributed by atoms with Crippen LogP contribution in [0.3, 0.4) is 0 Å². The van der Waals surface area contributed by atoms with Gasteiger partial charge in [-0.2, -0.15) is 5.10 Å². The van der Waals surface area contributed by atoms with Crippen molar-refractivity contribution in [3.63, 3.8) is 0 Å². The van der Waals surface area contributed by atoms with Crippen molar-refractivity contribution in [1.29, 1.82) is 0 Å². The second-order valence-electron chi connectivity index (χ2n) is 6.38. The molecule has 4 rings (SSSR count). The number of imidazole rings is 1. The highest BCUT2D eigenvalue weighted by Crippen LogP contribution is 2.38. The Bertz CT molecular complexity index is 1240. The van der Waals surface area contributed by atoms with Crippen LogP contribution < -0.4 is 4.74 Å². The normalized spacial score (nSPS) is 11.0. The summed E-state index contributed by atoms with van der Waals surface area (Å²) in [6.07, 6.45) is 3.78. The maximum absolute atomic E-state index is 14.7. The number of phenolic OH excluding ortho intramolecular Hbond substituents is 1. The lowest BCUT2D eigenvalue weighted by Crippen LogP contribution is -1.96. The third kappa shape index (κ3) is 3.08. The molecule has 0 atom stereocenters. The second-order valence-corrected chi connectivity index (χ2v) is 6.38. The van der Waals surface area contributed by atoms with E-state index in [2.05, 4.69) is 15.2 Å². The van der Waals surface area contributed by atoms with Gasteiger partial charge in [-0.15, -0.1) is 5.10 Å². The molecule has 0 bridgehead atoms. The van der Waals surface area contributed by atoms with Crippen LogP contribution in [-0.4, -0.2) is 38.3 Å². The van der Waals surface area contributed by atoms with Gasteiger partial charge in [0.1, 0.15) is 22.8 Å². The third-order valence-corrected chi connectivity index (χ3v) is 4.79. The molecule has 0 saturated heterocycles. The van der Waals surface area contributed by atoms with Crippen LogP contribution >= 0.6 is 0 Å². The minimum atomic E-state index is -0.494. The zero-order valence-electron chi connectivity index (χ0n) is 15.8. The molecular formula is C21H17FN4O3. The minimum Gasteiger partial charge on any atom is -0.507 e. The zero-order valence-corrected chi connectivity index (χ0v) is 15.8. The van der Waals surface area contributed by atoms with Crippen molar-refractivity contribution in [2.45, 2.75) is 13.5 Å². The molecule has 0 saturated carbocycles. The molecule has 8 heteroatoms. The SMILES string of the molecule is CCn1cnc2c(-c3ccc(F)c(-c4cc(C=O)c(O)cc4OC)c3)cnnc21. The Labute approximate surface area is 165 Å². The Morgan fingerprint density at radius 1 is 1.21 bits per heavy atom. The first-order valence-corrected chi connectivity index (χ1v) is 8.90. The molecule has 7 nitrogen and oxygen atoms in total. The molecule has 0 aliphatic carbocycles. The fraction of sp³-hybridized carbons (Fsp3) is 0.143. The first-order valence-electron chi connectivity index (χ1n) is 8.90. The second kappa shape index (κ2) is 7.31. The van der Waals surface area contributed by atoms with Gasteiger partial charge in [0.15, 0.2) is 11.9 Å². The van der Waals surface area contributed by atoms with E-state index < -0.39 is 5.82 Å². The summed E-state index contributed by atoms with van der Waals surface area (Å²) in [5.74, 6) is -0.480. The van der Waals surface area contributed by atoms with Gasteiger partial charge < -0.3 is 14.4 Å². The van der Waals surface area contributed by atoms with E-state index in [9.17, 15) is 14.3 Å². The van der Waals surface area contributed by atoms with Gasteiger partial charge >= 0.3 is 0 Å². The van der Waals surface area contributed by atoms with Gasteiger partial charge in [-0.3, -0.25) is 4.79 Å². The minimum absolute atomic E-state index is 0.0419. The van der Waals surface area contributed by atoms with Crippen molar-refractivity contribution >= 4 is 17.5 Å². The highest BCUT2D eigenvalue weighted by atomic mass is 19.1. The van der Waals surface area contributed by atoms with Crippen LogP contribution in [0.4, 0.5) is 4.39 Å². The van der Waals surface area contributed by atoms with Crippen LogP contribution in [0.15, 0.2) is 42.9 Å². The summed E-state index contributed by atoms with van der Waals surface area (Å²) < 4.78 is 21.9. The quantitative estimate of drug-likeness (QED) is 0.519. The molecule has 2 aromatic heterocycles. The number of ether oxygens (including phenoxy) is 1. The Morgan fingerprint density at radius 2 is 2.03 bits per heavy atom. The lowest BCUT2D eigenvalue weighted by molar-refractivity contribution is 0.112. The van der Waals surface area contributed by atoms with Gasteiger partial charge in [0, 0.05) is 29.3 Å². The van der Waals surface area contributed by atoms with Gasteiger partial charge in [-0.25, -0.2) is 9.37 Å².